The predicted octanol–water partition coefficient (Wildman–Crippen LogP) is 0.601. The number of hydrogen-bond donors (Lipinski definition) is 3. The molecule has 0 aliphatic carbocycles. The zero-order valence-corrected chi connectivity index (χ0v) is 10.2. The van der Waals surface area contributed by atoms with Gasteiger partial charge in [0.1, 0.15) is 6.04 Å². The first-order chi connectivity index (χ1) is 7.47. The third-order valence-corrected chi connectivity index (χ3v) is 2.12. The van der Waals surface area contributed by atoms with Gasteiger partial charge in [-0.2, -0.15) is 0 Å². The molecule has 5 nitrogen and oxygen atoms in total. The highest BCUT2D eigenvalue weighted by atomic mass is 16.4. The number of carbonyl (C=O) groups is 2. The van der Waals surface area contributed by atoms with Gasteiger partial charge in [0.2, 0.25) is 5.91 Å². The maximum atomic E-state index is 11.4. The van der Waals surface area contributed by atoms with E-state index in [2.05, 4.69) is 10.6 Å². The van der Waals surface area contributed by atoms with E-state index >= 15 is 0 Å². The van der Waals surface area contributed by atoms with Crippen molar-refractivity contribution < 1.29 is 14.7 Å². The molecule has 0 aromatic heterocycles. The summed E-state index contributed by atoms with van der Waals surface area (Å²) >= 11 is 0. The van der Waals surface area contributed by atoms with E-state index in [-0.39, 0.29) is 11.8 Å². The van der Waals surface area contributed by atoms with E-state index in [1.165, 1.54) is 0 Å². The molecule has 0 aliphatic rings. The molecular weight excluding hydrogens is 208 g/mol. The molecule has 1 atom stereocenters. The number of amides is 1. The molecule has 1 unspecified atom stereocenters. The lowest BCUT2D eigenvalue weighted by Gasteiger charge is -2.16. The smallest absolute Gasteiger partial charge is 0.326 e. The monoisotopic (exact) mass is 230 g/mol. The largest absolute Gasteiger partial charge is 0.480 e. The van der Waals surface area contributed by atoms with Crippen molar-refractivity contribution in [2.75, 3.05) is 13.1 Å². The SMILES string of the molecule is CCNCCC(=O)NC(CC(C)C)C(=O)O. The second kappa shape index (κ2) is 8.10. The minimum absolute atomic E-state index is 0.214. The Bertz CT molecular complexity index is 229. The number of carbonyl (C=O) groups excluding carboxylic acids is 1. The van der Waals surface area contributed by atoms with Crippen LogP contribution in [0.4, 0.5) is 0 Å². The molecule has 1 amide bonds. The molecule has 0 saturated heterocycles. The Balaban J connectivity index is 3.98. The average Bonchev–Trinajstić information content (AvgIpc) is 2.16. The molecule has 0 radical (unpaired) electrons. The van der Waals surface area contributed by atoms with E-state index in [1.807, 2.05) is 20.8 Å². The van der Waals surface area contributed by atoms with Crippen LogP contribution < -0.4 is 10.6 Å². The Labute approximate surface area is 96.6 Å². The van der Waals surface area contributed by atoms with Crippen LogP contribution in [0.1, 0.15) is 33.6 Å². The molecule has 0 heterocycles. The van der Waals surface area contributed by atoms with E-state index in [9.17, 15) is 9.59 Å². The average molecular weight is 230 g/mol. The number of carboxylic acid groups (broad SMARTS) is 1. The van der Waals surface area contributed by atoms with Crippen molar-refractivity contribution in [2.24, 2.45) is 5.92 Å². The van der Waals surface area contributed by atoms with Gasteiger partial charge in [-0.25, -0.2) is 4.79 Å². The molecular formula is C11H22N2O3. The van der Waals surface area contributed by atoms with E-state index in [0.717, 1.165) is 6.54 Å². The molecule has 5 heteroatoms. The van der Waals surface area contributed by atoms with E-state index in [1.54, 1.807) is 0 Å². The van der Waals surface area contributed by atoms with Gasteiger partial charge in [-0.1, -0.05) is 20.8 Å². The van der Waals surface area contributed by atoms with E-state index in [4.69, 9.17) is 5.11 Å². The molecule has 0 bridgehead atoms. The van der Waals surface area contributed by atoms with E-state index in [0.29, 0.717) is 19.4 Å². The number of carboxylic acids is 1. The summed E-state index contributed by atoms with van der Waals surface area (Å²) in [6.45, 7) is 7.20. The maximum Gasteiger partial charge on any atom is 0.326 e. The number of hydrogen-bond acceptors (Lipinski definition) is 3. The summed E-state index contributed by atoms with van der Waals surface area (Å²) in [5.41, 5.74) is 0. The van der Waals surface area contributed by atoms with Crippen molar-refractivity contribution >= 4 is 11.9 Å². The highest BCUT2D eigenvalue weighted by Crippen LogP contribution is 2.04. The normalized spacial score (nSPS) is 12.5. The Kier molecular flexibility index (Phi) is 7.54. The summed E-state index contributed by atoms with van der Waals surface area (Å²) in [7, 11) is 0. The summed E-state index contributed by atoms with van der Waals surface area (Å²) in [6.07, 6.45) is 0.776. The second-order valence-corrected chi connectivity index (χ2v) is 4.19. The van der Waals surface area contributed by atoms with Crippen molar-refractivity contribution in [3.05, 3.63) is 0 Å². The van der Waals surface area contributed by atoms with Crippen molar-refractivity contribution in [1.29, 1.82) is 0 Å². The van der Waals surface area contributed by atoms with Crippen LogP contribution in [0, 0.1) is 5.92 Å². The Morgan fingerprint density at radius 1 is 1.31 bits per heavy atom. The number of rotatable bonds is 8. The minimum Gasteiger partial charge on any atom is -0.480 e. The van der Waals surface area contributed by atoms with Gasteiger partial charge < -0.3 is 15.7 Å². The van der Waals surface area contributed by atoms with Crippen LogP contribution in [0.25, 0.3) is 0 Å². The second-order valence-electron chi connectivity index (χ2n) is 4.19. The molecule has 0 rings (SSSR count). The summed E-state index contributed by atoms with van der Waals surface area (Å²) in [5.74, 6) is -0.935. The molecule has 0 aromatic carbocycles. The van der Waals surface area contributed by atoms with Gasteiger partial charge >= 0.3 is 5.97 Å². The molecule has 0 spiro atoms. The Morgan fingerprint density at radius 2 is 1.94 bits per heavy atom. The quantitative estimate of drug-likeness (QED) is 0.534. The van der Waals surface area contributed by atoms with Gasteiger partial charge in [0.05, 0.1) is 0 Å². The predicted molar refractivity (Wildman–Crippen MR) is 62.2 cm³/mol. The van der Waals surface area contributed by atoms with Gasteiger partial charge in [-0.15, -0.1) is 0 Å². The van der Waals surface area contributed by atoms with Crippen molar-refractivity contribution in [3.8, 4) is 0 Å². The molecule has 94 valence electrons. The molecule has 0 fully saturated rings. The summed E-state index contributed by atoms with van der Waals surface area (Å²) in [4.78, 5) is 22.3. The molecule has 16 heavy (non-hydrogen) atoms. The Morgan fingerprint density at radius 3 is 2.38 bits per heavy atom. The van der Waals surface area contributed by atoms with Crippen molar-refractivity contribution in [2.45, 2.75) is 39.7 Å². The molecule has 0 aliphatic heterocycles. The van der Waals surface area contributed by atoms with Crippen LogP contribution in [-0.2, 0) is 9.59 Å². The van der Waals surface area contributed by atoms with Crippen molar-refractivity contribution in [1.82, 2.24) is 10.6 Å². The van der Waals surface area contributed by atoms with Gasteiger partial charge in [-0.3, -0.25) is 4.79 Å². The highest BCUT2D eigenvalue weighted by molar-refractivity contribution is 5.83. The fraction of sp³-hybridized carbons (Fsp3) is 0.818. The van der Waals surface area contributed by atoms with Crippen LogP contribution in [0.15, 0.2) is 0 Å². The van der Waals surface area contributed by atoms with Crippen LogP contribution in [0.5, 0.6) is 0 Å². The lowest BCUT2D eigenvalue weighted by molar-refractivity contribution is -0.142. The van der Waals surface area contributed by atoms with Crippen molar-refractivity contribution in [3.63, 3.8) is 0 Å². The van der Waals surface area contributed by atoms with Gasteiger partial charge in [0.25, 0.3) is 0 Å². The number of nitrogens with one attached hydrogen (secondary N) is 2. The van der Waals surface area contributed by atoms with Gasteiger partial charge in [0, 0.05) is 13.0 Å². The maximum absolute atomic E-state index is 11.4. The first-order valence-corrected chi connectivity index (χ1v) is 5.70. The van der Waals surface area contributed by atoms with Crippen LogP contribution in [0.3, 0.4) is 0 Å². The third kappa shape index (κ3) is 7.23. The lowest BCUT2D eigenvalue weighted by Crippen LogP contribution is -2.42. The van der Waals surface area contributed by atoms with Gasteiger partial charge in [0.15, 0.2) is 0 Å². The summed E-state index contributed by atoms with van der Waals surface area (Å²) in [6, 6.07) is -0.769. The molecule has 0 aromatic rings. The number of aliphatic carboxylic acids is 1. The fourth-order valence-electron chi connectivity index (χ4n) is 1.34. The Hall–Kier alpha value is -1.10. The summed E-state index contributed by atoms with van der Waals surface area (Å²) < 4.78 is 0. The van der Waals surface area contributed by atoms with Crippen LogP contribution in [-0.4, -0.2) is 36.1 Å². The standard InChI is InChI=1S/C11H22N2O3/c1-4-12-6-5-10(14)13-9(11(15)16)7-8(2)3/h8-9,12H,4-7H2,1-3H3,(H,13,14)(H,15,16). The lowest BCUT2D eigenvalue weighted by atomic mass is 10.0. The molecule has 0 saturated carbocycles. The summed E-state index contributed by atoms with van der Waals surface area (Å²) in [5, 5.41) is 14.5. The third-order valence-electron chi connectivity index (χ3n) is 2.12. The fourth-order valence-corrected chi connectivity index (χ4v) is 1.34. The van der Waals surface area contributed by atoms with Crippen LogP contribution in [0.2, 0.25) is 0 Å². The first kappa shape index (κ1) is 14.9. The minimum atomic E-state index is -0.967. The molecule has 3 N–H and O–H groups in total. The first-order valence-electron chi connectivity index (χ1n) is 5.70. The van der Waals surface area contributed by atoms with Gasteiger partial charge in [-0.05, 0) is 18.9 Å². The zero-order valence-electron chi connectivity index (χ0n) is 10.2. The highest BCUT2D eigenvalue weighted by Gasteiger charge is 2.20. The topological polar surface area (TPSA) is 78.4 Å². The zero-order chi connectivity index (χ0) is 12.6. The van der Waals surface area contributed by atoms with Crippen LogP contribution >= 0.6 is 0 Å². The van der Waals surface area contributed by atoms with E-state index < -0.39 is 12.0 Å².